The van der Waals surface area contributed by atoms with E-state index in [0.717, 1.165) is 41.2 Å². The first-order chi connectivity index (χ1) is 18.5. The van der Waals surface area contributed by atoms with Gasteiger partial charge in [-0.1, -0.05) is 30.3 Å². The van der Waals surface area contributed by atoms with Crippen molar-refractivity contribution in [3.8, 4) is 28.7 Å². The van der Waals surface area contributed by atoms with Crippen LogP contribution in [0.5, 0.6) is 17.2 Å². The summed E-state index contributed by atoms with van der Waals surface area (Å²) in [5, 5.41) is 0. The molecule has 3 aromatic carbocycles. The summed E-state index contributed by atoms with van der Waals surface area (Å²) in [6.45, 7) is 4.94. The minimum absolute atomic E-state index is 0.345. The van der Waals surface area contributed by atoms with E-state index in [9.17, 15) is 4.79 Å². The lowest BCUT2D eigenvalue weighted by atomic mass is 10.0. The molecule has 0 unspecified atom stereocenters. The van der Waals surface area contributed by atoms with Gasteiger partial charge in [-0.3, -0.25) is 4.90 Å². The molecule has 0 radical (unpaired) electrons. The van der Waals surface area contributed by atoms with Crippen molar-refractivity contribution in [2.24, 2.45) is 0 Å². The van der Waals surface area contributed by atoms with E-state index in [4.69, 9.17) is 18.6 Å². The molecule has 1 aliphatic carbocycles. The SMILES string of the molecule is CCN(C(=O)Oc1ccc(OC)cc1)C1(c2ccc(OCCc3nc(-c4ccccc4)oc3C)cc2)CC1. The van der Waals surface area contributed by atoms with Gasteiger partial charge in [0.25, 0.3) is 0 Å². The van der Waals surface area contributed by atoms with E-state index >= 15 is 0 Å². The van der Waals surface area contributed by atoms with Crippen molar-refractivity contribution in [1.82, 2.24) is 9.88 Å². The molecule has 0 N–H and O–H groups in total. The Balaban J connectivity index is 1.19. The molecule has 4 aromatic rings. The lowest BCUT2D eigenvalue weighted by Crippen LogP contribution is -2.42. The molecule has 1 amide bonds. The molecule has 1 saturated carbocycles. The Morgan fingerprint density at radius 1 is 0.947 bits per heavy atom. The van der Waals surface area contributed by atoms with Crippen molar-refractivity contribution in [3.05, 3.63) is 95.9 Å². The molecule has 7 heteroatoms. The van der Waals surface area contributed by atoms with Gasteiger partial charge in [0.15, 0.2) is 0 Å². The molecule has 7 nitrogen and oxygen atoms in total. The first-order valence-corrected chi connectivity index (χ1v) is 12.9. The van der Waals surface area contributed by atoms with E-state index in [-0.39, 0.29) is 11.6 Å². The van der Waals surface area contributed by atoms with Crippen LogP contribution >= 0.6 is 0 Å². The molecular weight excluding hydrogens is 480 g/mol. The van der Waals surface area contributed by atoms with Crippen LogP contribution in [0.2, 0.25) is 0 Å². The van der Waals surface area contributed by atoms with Gasteiger partial charge in [0.1, 0.15) is 23.0 Å². The number of benzene rings is 3. The predicted octanol–water partition coefficient (Wildman–Crippen LogP) is 6.79. The van der Waals surface area contributed by atoms with Crippen LogP contribution in [0.4, 0.5) is 4.79 Å². The largest absolute Gasteiger partial charge is 0.497 e. The number of carbonyl (C=O) groups excluding carboxylic acids is 1. The molecule has 38 heavy (non-hydrogen) atoms. The Kier molecular flexibility index (Phi) is 7.36. The number of carbonyl (C=O) groups is 1. The highest BCUT2D eigenvalue weighted by Crippen LogP contribution is 2.51. The van der Waals surface area contributed by atoms with Gasteiger partial charge in [0, 0.05) is 18.5 Å². The van der Waals surface area contributed by atoms with Crippen molar-refractivity contribution in [2.45, 2.75) is 38.6 Å². The molecule has 5 rings (SSSR count). The maximum atomic E-state index is 13.1. The van der Waals surface area contributed by atoms with E-state index in [1.165, 1.54) is 0 Å². The number of amides is 1. The number of hydrogen-bond donors (Lipinski definition) is 0. The third-order valence-corrected chi connectivity index (χ3v) is 6.95. The minimum atomic E-state index is -0.353. The Morgan fingerprint density at radius 2 is 1.61 bits per heavy atom. The average molecular weight is 513 g/mol. The first kappa shape index (κ1) is 25.4. The molecule has 0 atom stereocenters. The minimum Gasteiger partial charge on any atom is -0.497 e. The number of methoxy groups -OCH3 is 1. The van der Waals surface area contributed by atoms with Crippen LogP contribution in [0.1, 0.15) is 36.8 Å². The van der Waals surface area contributed by atoms with Crippen molar-refractivity contribution in [2.75, 3.05) is 20.3 Å². The number of hydrogen-bond acceptors (Lipinski definition) is 6. The van der Waals surface area contributed by atoms with E-state index in [0.29, 0.717) is 37.0 Å². The van der Waals surface area contributed by atoms with Crippen LogP contribution in [0.15, 0.2) is 83.3 Å². The highest BCUT2D eigenvalue weighted by Gasteiger charge is 2.51. The van der Waals surface area contributed by atoms with Gasteiger partial charge in [-0.05, 0) is 80.8 Å². The van der Waals surface area contributed by atoms with Crippen LogP contribution in [0, 0.1) is 6.92 Å². The summed E-state index contributed by atoms with van der Waals surface area (Å²) >= 11 is 0. The maximum absolute atomic E-state index is 13.1. The van der Waals surface area contributed by atoms with Crippen molar-refractivity contribution < 1.29 is 23.4 Å². The lowest BCUT2D eigenvalue weighted by Gasteiger charge is -2.30. The molecule has 196 valence electrons. The highest BCUT2D eigenvalue weighted by atomic mass is 16.6. The third kappa shape index (κ3) is 5.37. The van der Waals surface area contributed by atoms with E-state index in [1.54, 1.807) is 31.4 Å². The molecule has 0 saturated heterocycles. The molecular formula is C31H32N2O5. The molecule has 0 spiro atoms. The van der Waals surface area contributed by atoms with Crippen molar-refractivity contribution in [3.63, 3.8) is 0 Å². The summed E-state index contributed by atoms with van der Waals surface area (Å²) in [7, 11) is 1.60. The standard InChI is InChI=1S/C31H32N2O5/c1-4-33(30(34)38-27-16-14-25(35-3)15-17-27)31(19-20-31)24-10-12-26(13-11-24)36-21-18-28-22(2)37-29(32-28)23-8-6-5-7-9-23/h5-17H,4,18-21H2,1-3H3. The molecule has 0 aliphatic heterocycles. The third-order valence-electron chi connectivity index (χ3n) is 6.95. The summed E-state index contributed by atoms with van der Waals surface area (Å²) in [5.41, 5.74) is 2.59. The number of nitrogens with zero attached hydrogens (tertiary/aromatic N) is 2. The summed E-state index contributed by atoms with van der Waals surface area (Å²) < 4.78 is 22.7. The zero-order valence-electron chi connectivity index (χ0n) is 22.0. The second-order valence-corrected chi connectivity index (χ2v) is 9.33. The summed E-state index contributed by atoms with van der Waals surface area (Å²) in [4.78, 5) is 19.5. The van der Waals surface area contributed by atoms with Gasteiger partial charge < -0.3 is 18.6 Å². The number of aromatic nitrogens is 1. The van der Waals surface area contributed by atoms with Gasteiger partial charge in [0.05, 0.1) is 24.9 Å². The normalized spacial score (nSPS) is 13.6. The number of ether oxygens (including phenoxy) is 3. The summed E-state index contributed by atoms with van der Waals surface area (Å²) in [6, 6.07) is 24.9. The maximum Gasteiger partial charge on any atom is 0.415 e. The molecule has 1 aliphatic rings. The van der Waals surface area contributed by atoms with Crippen LogP contribution in [-0.2, 0) is 12.0 Å². The molecule has 1 aromatic heterocycles. The Bertz CT molecular complexity index is 1360. The highest BCUT2D eigenvalue weighted by molar-refractivity contribution is 5.73. The van der Waals surface area contributed by atoms with Gasteiger partial charge in [-0.2, -0.15) is 0 Å². The smallest absolute Gasteiger partial charge is 0.415 e. The van der Waals surface area contributed by atoms with E-state index in [2.05, 4.69) is 4.98 Å². The summed E-state index contributed by atoms with van der Waals surface area (Å²) in [5.74, 6) is 3.42. The Morgan fingerprint density at radius 3 is 2.24 bits per heavy atom. The molecule has 0 bridgehead atoms. The lowest BCUT2D eigenvalue weighted by molar-refractivity contribution is 0.126. The van der Waals surface area contributed by atoms with E-state index in [1.807, 2.05) is 73.3 Å². The van der Waals surface area contributed by atoms with Crippen LogP contribution in [-0.4, -0.2) is 36.2 Å². The Hall–Kier alpha value is -4.26. The zero-order chi connectivity index (χ0) is 26.5. The number of oxazole rings is 1. The fraction of sp³-hybridized carbons (Fsp3) is 0.290. The monoisotopic (exact) mass is 512 g/mol. The molecule has 1 fully saturated rings. The van der Waals surface area contributed by atoms with Gasteiger partial charge >= 0.3 is 6.09 Å². The zero-order valence-corrected chi connectivity index (χ0v) is 22.0. The van der Waals surface area contributed by atoms with Crippen LogP contribution in [0.3, 0.4) is 0 Å². The second-order valence-electron chi connectivity index (χ2n) is 9.33. The fourth-order valence-corrected chi connectivity index (χ4v) is 4.73. The Labute approximate surface area is 223 Å². The number of rotatable bonds is 10. The fourth-order valence-electron chi connectivity index (χ4n) is 4.73. The molecule has 1 heterocycles. The second kappa shape index (κ2) is 11.0. The van der Waals surface area contributed by atoms with Gasteiger partial charge in [-0.15, -0.1) is 0 Å². The van der Waals surface area contributed by atoms with E-state index < -0.39 is 0 Å². The number of aryl methyl sites for hydroxylation is 1. The van der Waals surface area contributed by atoms with Gasteiger partial charge in [-0.25, -0.2) is 9.78 Å². The quantitative estimate of drug-likeness (QED) is 0.233. The van der Waals surface area contributed by atoms with Crippen LogP contribution < -0.4 is 14.2 Å². The average Bonchev–Trinajstić information content (AvgIpc) is 3.66. The topological polar surface area (TPSA) is 74.0 Å². The first-order valence-electron chi connectivity index (χ1n) is 12.9. The predicted molar refractivity (Wildman–Crippen MR) is 145 cm³/mol. The summed E-state index contributed by atoms with van der Waals surface area (Å²) in [6.07, 6.45) is 2.09. The van der Waals surface area contributed by atoms with Crippen molar-refractivity contribution in [1.29, 1.82) is 0 Å². The van der Waals surface area contributed by atoms with Crippen molar-refractivity contribution >= 4 is 6.09 Å². The van der Waals surface area contributed by atoms with Crippen LogP contribution in [0.25, 0.3) is 11.5 Å². The van der Waals surface area contributed by atoms with Gasteiger partial charge in [0.2, 0.25) is 5.89 Å².